The van der Waals surface area contributed by atoms with Crippen molar-refractivity contribution in [3.05, 3.63) is 0 Å². The van der Waals surface area contributed by atoms with Crippen LogP contribution < -0.4 is 0 Å². The Balaban J connectivity index is 2.70. The van der Waals surface area contributed by atoms with Crippen molar-refractivity contribution < 1.29 is 9.53 Å². The second-order valence-corrected chi connectivity index (χ2v) is 6.45. The Hall–Kier alpha value is -0.530. The second-order valence-electron chi connectivity index (χ2n) is 6.45. The van der Waals surface area contributed by atoms with Gasteiger partial charge in [0.2, 0.25) is 0 Å². The predicted octanol–water partition coefficient (Wildman–Crippen LogP) is 4.47. The first kappa shape index (κ1) is 14.5. The Kier molecular flexibility index (Phi) is 5.03. The lowest BCUT2D eigenvalue weighted by atomic mass is 9.71. The summed E-state index contributed by atoms with van der Waals surface area (Å²) in [5.74, 6) is 0.0538. The van der Waals surface area contributed by atoms with Crippen LogP contribution in [0.15, 0.2) is 0 Å². The van der Waals surface area contributed by atoms with E-state index in [-0.39, 0.29) is 17.0 Å². The maximum atomic E-state index is 12.4. The molecular formula is C15H28O2. The SMILES string of the molecule is CCCCC1(C(=O)OC(C)(C)C)CCCCC1. The van der Waals surface area contributed by atoms with Gasteiger partial charge >= 0.3 is 5.97 Å². The quantitative estimate of drug-likeness (QED) is 0.678. The monoisotopic (exact) mass is 240 g/mol. The minimum atomic E-state index is -0.353. The third kappa shape index (κ3) is 4.33. The summed E-state index contributed by atoms with van der Waals surface area (Å²) >= 11 is 0. The fourth-order valence-corrected chi connectivity index (χ4v) is 2.69. The summed E-state index contributed by atoms with van der Waals surface area (Å²) < 4.78 is 5.64. The van der Waals surface area contributed by atoms with Crippen LogP contribution in [0.5, 0.6) is 0 Å². The standard InChI is InChI=1S/C15H28O2/c1-5-6-10-15(11-8-7-9-12-15)13(16)17-14(2,3)4/h5-12H2,1-4H3. The molecule has 0 atom stereocenters. The van der Waals surface area contributed by atoms with Crippen LogP contribution in [0.3, 0.4) is 0 Å². The number of hydrogen-bond donors (Lipinski definition) is 0. The molecule has 0 aliphatic heterocycles. The number of ether oxygens (including phenoxy) is 1. The van der Waals surface area contributed by atoms with Gasteiger partial charge in [-0.2, -0.15) is 0 Å². The molecule has 0 bridgehead atoms. The van der Waals surface area contributed by atoms with Crippen molar-refractivity contribution in [2.24, 2.45) is 5.41 Å². The molecule has 17 heavy (non-hydrogen) atoms. The molecule has 1 saturated carbocycles. The summed E-state index contributed by atoms with van der Waals surface area (Å²) in [5, 5.41) is 0. The lowest BCUT2D eigenvalue weighted by Crippen LogP contribution is -2.39. The topological polar surface area (TPSA) is 26.3 Å². The fraction of sp³-hybridized carbons (Fsp3) is 0.933. The lowest BCUT2D eigenvalue weighted by Gasteiger charge is -2.37. The molecule has 0 N–H and O–H groups in total. The van der Waals surface area contributed by atoms with Crippen LogP contribution in [-0.2, 0) is 9.53 Å². The zero-order valence-electron chi connectivity index (χ0n) is 12.0. The summed E-state index contributed by atoms with van der Waals surface area (Å²) in [5.41, 5.74) is -0.519. The fourth-order valence-electron chi connectivity index (χ4n) is 2.69. The van der Waals surface area contributed by atoms with Crippen molar-refractivity contribution in [2.45, 2.75) is 84.7 Å². The van der Waals surface area contributed by atoms with Crippen LogP contribution >= 0.6 is 0 Å². The Morgan fingerprint density at radius 2 is 1.76 bits per heavy atom. The van der Waals surface area contributed by atoms with E-state index in [0.29, 0.717) is 0 Å². The van der Waals surface area contributed by atoms with Crippen molar-refractivity contribution >= 4 is 5.97 Å². The van der Waals surface area contributed by atoms with Crippen molar-refractivity contribution in [1.82, 2.24) is 0 Å². The number of carbonyl (C=O) groups excluding carboxylic acids is 1. The van der Waals surface area contributed by atoms with Crippen molar-refractivity contribution in [3.63, 3.8) is 0 Å². The van der Waals surface area contributed by atoms with Crippen LogP contribution in [0, 0.1) is 5.41 Å². The van der Waals surface area contributed by atoms with Gasteiger partial charge in [-0.15, -0.1) is 0 Å². The van der Waals surface area contributed by atoms with Crippen molar-refractivity contribution in [2.75, 3.05) is 0 Å². The molecule has 1 aliphatic rings. The Bertz CT molecular complexity index is 244. The van der Waals surface area contributed by atoms with Crippen LogP contribution in [0.1, 0.15) is 79.1 Å². The van der Waals surface area contributed by atoms with Crippen LogP contribution in [-0.4, -0.2) is 11.6 Å². The maximum Gasteiger partial charge on any atom is 0.312 e. The molecule has 0 unspecified atom stereocenters. The zero-order valence-corrected chi connectivity index (χ0v) is 12.0. The summed E-state index contributed by atoms with van der Waals surface area (Å²) in [7, 11) is 0. The molecule has 1 aliphatic carbocycles. The van der Waals surface area contributed by atoms with Gasteiger partial charge in [-0.3, -0.25) is 4.79 Å². The average molecular weight is 240 g/mol. The first-order valence-electron chi connectivity index (χ1n) is 7.13. The van der Waals surface area contributed by atoms with E-state index in [1.807, 2.05) is 20.8 Å². The largest absolute Gasteiger partial charge is 0.460 e. The molecular weight excluding hydrogens is 212 g/mol. The molecule has 0 aromatic rings. The van der Waals surface area contributed by atoms with Gasteiger partial charge < -0.3 is 4.74 Å². The molecule has 0 amide bonds. The Morgan fingerprint density at radius 3 is 2.24 bits per heavy atom. The van der Waals surface area contributed by atoms with Gasteiger partial charge in [0, 0.05) is 0 Å². The highest BCUT2D eigenvalue weighted by atomic mass is 16.6. The van der Waals surface area contributed by atoms with Gasteiger partial charge in [-0.05, 0) is 40.0 Å². The molecule has 2 heteroatoms. The number of esters is 1. The van der Waals surface area contributed by atoms with Crippen LogP contribution in [0.25, 0.3) is 0 Å². The lowest BCUT2D eigenvalue weighted by molar-refractivity contribution is -0.170. The van der Waals surface area contributed by atoms with E-state index in [4.69, 9.17) is 4.74 Å². The Morgan fingerprint density at radius 1 is 1.18 bits per heavy atom. The summed E-state index contributed by atoms with van der Waals surface area (Å²) in [6.45, 7) is 8.06. The number of carbonyl (C=O) groups is 1. The minimum absolute atomic E-state index is 0.0538. The van der Waals surface area contributed by atoms with E-state index < -0.39 is 0 Å². The maximum absolute atomic E-state index is 12.4. The van der Waals surface area contributed by atoms with Gasteiger partial charge in [0.1, 0.15) is 5.60 Å². The third-order valence-electron chi connectivity index (χ3n) is 3.65. The third-order valence-corrected chi connectivity index (χ3v) is 3.65. The molecule has 0 aromatic carbocycles. The summed E-state index contributed by atoms with van der Waals surface area (Å²) in [4.78, 5) is 12.4. The number of unbranched alkanes of at least 4 members (excludes halogenated alkanes) is 1. The first-order chi connectivity index (χ1) is 7.90. The highest BCUT2D eigenvalue weighted by Gasteiger charge is 2.41. The van der Waals surface area contributed by atoms with E-state index >= 15 is 0 Å². The molecule has 0 saturated heterocycles. The molecule has 1 rings (SSSR count). The van der Waals surface area contributed by atoms with E-state index in [1.54, 1.807) is 0 Å². The van der Waals surface area contributed by atoms with Gasteiger partial charge in [0.25, 0.3) is 0 Å². The van der Waals surface area contributed by atoms with Gasteiger partial charge in [0.05, 0.1) is 5.41 Å². The highest BCUT2D eigenvalue weighted by Crippen LogP contribution is 2.42. The van der Waals surface area contributed by atoms with Gasteiger partial charge in [0.15, 0.2) is 0 Å². The molecule has 0 spiro atoms. The molecule has 1 fully saturated rings. The number of rotatable bonds is 4. The molecule has 0 heterocycles. The molecule has 100 valence electrons. The van der Waals surface area contributed by atoms with Crippen molar-refractivity contribution in [3.8, 4) is 0 Å². The van der Waals surface area contributed by atoms with E-state index in [1.165, 1.54) is 19.3 Å². The highest BCUT2D eigenvalue weighted by molar-refractivity contribution is 5.77. The van der Waals surface area contributed by atoms with E-state index in [0.717, 1.165) is 32.1 Å². The predicted molar refractivity (Wildman–Crippen MR) is 70.9 cm³/mol. The molecule has 2 nitrogen and oxygen atoms in total. The normalized spacial score (nSPS) is 20.0. The molecule has 0 radical (unpaired) electrons. The summed E-state index contributed by atoms with van der Waals surface area (Å²) in [6.07, 6.45) is 9.01. The molecule has 0 aromatic heterocycles. The van der Waals surface area contributed by atoms with Crippen LogP contribution in [0.2, 0.25) is 0 Å². The Labute approximate surface area is 106 Å². The minimum Gasteiger partial charge on any atom is -0.460 e. The number of hydrogen-bond acceptors (Lipinski definition) is 2. The van der Waals surface area contributed by atoms with Crippen LogP contribution in [0.4, 0.5) is 0 Å². The van der Waals surface area contributed by atoms with Gasteiger partial charge in [-0.1, -0.05) is 39.0 Å². The zero-order chi connectivity index (χ0) is 12.9. The van der Waals surface area contributed by atoms with Gasteiger partial charge in [-0.25, -0.2) is 0 Å². The van der Waals surface area contributed by atoms with E-state index in [2.05, 4.69) is 6.92 Å². The average Bonchev–Trinajstić information content (AvgIpc) is 2.25. The van der Waals surface area contributed by atoms with Crippen molar-refractivity contribution in [1.29, 1.82) is 0 Å². The smallest absolute Gasteiger partial charge is 0.312 e. The second kappa shape index (κ2) is 5.88. The first-order valence-corrected chi connectivity index (χ1v) is 7.13. The van der Waals surface area contributed by atoms with E-state index in [9.17, 15) is 4.79 Å². The summed E-state index contributed by atoms with van der Waals surface area (Å²) in [6, 6.07) is 0.